The predicted molar refractivity (Wildman–Crippen MR) is 65.9 cm³/mol. The molecule has 3 nitrogen and oxygen atoms in total. The van der Waals surface area contributed by atoms with E-state index in [4.69, 9.17) is 5.73 Å². The molecule has 0 aliphatic heterocycles. The highest BCUT2D eigenvalue weighted by Crippen LogP contribution is 2.31. The molecule has 90 valence electrons. The van der Waals surface area contributed by atoms with Crippen molar-refractivity contribution in [2.24, 2.45) is 5.73 Å². The Morgan fingerprint density at radius 1 is 1.33 bits per heavy atom. The molecule has 3 N–H and O–H groups in total. The van der Waals surface area contributed by atoms with E-state index in [2.05, 4.69) is 11.6 Å². The van der Waals surface area contributed by atoms with Crippen LogP contribution in [0.3, 0.4) is 0 Å². The van der Waals surface area contributed by atoms with Crippen LogP contribution in [-0.2, 0) is 11.4 Å². The maximum Gasteiger partial charge on any atom is 0.136 e. The second kappa shape index (κ2) is 4.62. The number of hydrogen-bond donors (Lipinski definition) is 2. The highest BCUT2D eigenvalue weighted by atomic mass is 32.2. The Morgan fingerprint density at radius 3 is 2.20 bits per heavy atom. The van der Waals surface area contributed by atoms with Gasteiger partial charge in [-0.05, 0) is 40.5 Å². The van der Waals surface area contributed by atoms with E-state index in [1.54, 1.807) is 0 Å². The van der Waals surface area contributed by atoms with Crippen LogP contribution in [0, 0.1) is 0 Å². The average Bonchev–Trinajstić information content (AvgIpc) is 2.51. The first kappa shape index (κ1) is 13.3. The summed E-state index contributed by atoms with van der Waals surface area (Å²) in [5, 5.41) is 0. The van der Waals surface area contributed by atoms with Crippen molar-refractivity contribution >= 4 is 11.4 Å². The molecule has 0 aromatic heterocycles. The largest absolute Gasteiger partial charge is 0.598 e. The summed E-state index contributed by atoms with van der Waals surface area (Å²) in [6.07, 6.45) is 4.49. The minimum Gasteiger partial charge on any atom is -0.598 e. The third kappa shape index (κ3) is 3.34. The molecule has 0 radical (unpaired) electrons. The van der Waals surface area contributed by atoms with Gasteiger partial charge in [0.1, 0.15) is 4.75 Å². The van der Waals surface area contributed by atoms with E-state index in [1.165, 1.54) is 12.8 Å². The van der Waals surface area contributed by atoms with E-state index >= 15 is 0 Å². The zero-order valence-electron chi connectivity index (χ0n) is 10.3. The quantitative estimate of drug-likeness (QED) is 0.728. The fourth-order valence-corrected chi connectivity index (χ4v) is 2.83. The topological polar surface area (TPSA) is 61.1 Å². The van der Waals surface area contributed by atoms with E-state index in [0.717, 1.165) is 12.8 Å². The lowest BCUT2D eigenvalue weighted by atomic mass is 9.91. The maximum atomic E-state index is 11.9. The van der Waals surface area contributed by atoms with E-state index in [9.17, 15) is 4.55 Å². The van der Waals surface area contributed by atoms with Gasteiger partial charge in [-0.3, -0.25) is 0 Å². The molecule has 0 aromatic carbocycles. The van der Waals surface area contributed by atoms with Crippen molar-refractivity contribution in [3.8, 4) is 0 Å². The Kier molecular flexibility index (Phi) is 4.09. The molecule has 0 saturated heterocycles. The number of rotatable bonds is 3. The summed E-state index contributed by atoms with van der Waals surface area (Å²) in [4.78, 5) is 0. The summed E-state index contributed by atoms with van der Waals surface area (Å²) in [6, 6.07) is 0.125. The molecule has 15 heavy (non-hydrogen) atoms. The lowest BCUT2D eigenvalue weighted by molar-refractivity contribution is 0.345. The van der Waals surface area contributed by atoms with Crippen molar-refractivity contribution < 1.29 is 4.55 Å². The predicted octanol–water partition coefficient (Wildman–Crippen LogP) is 1.70. The second-order valence-corrected chi connectivity index (χ2v) is 7.66. The first-order chi connectivity index (χ1) is 6.76. The van der Waals surface area contributed by atoms with Gasteiger partial charge in [0.05, 0.1) is 6.04 Å². The van der Waals surface area contributed by atoms with Crippen molar-refractivity contribution in [3.05, 3.63) is 0 Å². The Hall–Kier alpha value is 0.230. The van der Waals surface area contributed by atoms with Gasteiger partial charge in [-0.25, -0.2) is 0 Å². The van der Waals surface area contributed by atoms with Crippen LogP contribution in [0.15, 0.2) is 0 Å². The van der Waals surface area contributed by atoms with Gasteiger partial charge in [-0.15, -0.1) is 4.72 Å². The van der Waals surface area contributed by atoms with Crippen molar-refractivity contribution in [2.45, 2.75) is 69.7 Å². The Labute approximate surface area is 96.5 Å². The molecule has 0 spiro atoms. The SMILES string of the molecule is C[C@@H](N[S+]([O-])C(C)(C)C)C1(N)CCCC1. The van der Waals surface area contributed by atoms with Gasteiger partial charge >= 0.3 is 0 Å². The van der Waals surface area contributed by atoms with Gasteiger partial charge in [0.2, 0.25) is 0 Å². The zero-order valence-corrected chi connectivity index (χ0v) is 11.1. The van der Waals surface area contributed by atoms with Crippen molar-refractivity contribution in [1.29, 1.82) is 0 Å². The van der Waals surface area contributed by atoms with Crippen LogP contribution in [-0.4, -0.2) is 20.9 Å². The normalized spacial score (nSPS) is 25.2. The standard InChI is InChI=1S/C11H24N2OS/c1-9(11(12)7-5-6-8-11)13-15(14)10(2,3)4/h9,13H,5-8,12H2,1-4H3/t9-,15?/m1/s1. The van der Waals surface area contributed by atoms with Gasteiger partial charge in [0.25, 0.3) is 0 Å². The Bertz CT molecular complexity index is 209. The van der Waals surface area contributed by atoms with Gasteiger partial charge in [0.15, 0.2) is 0 Å². The molecular formula is C11H24N2OS. The maximum absolute atomic E-state index is 11.9. The molecule has 1 saturated carbocycles. The fraction of sp³-hybridized carbons (Fsp3) is 1.00. The summed E-state index contributed by atoms with van der Waals surface area (Å²) in [7, 11) is 0. The van der Waals surface area contributed by atoms with E-state index < -0.39 is 11.4 Å². The molecule has 1 rings (SSSR count). The zero-order chi connectivity index (χ0) is 11.7. The molecule has 0 bridgehead atoms. The number of nitrogens with two attached hydrogens (primary N) is 1. The summed E-state index contributed by atoms with van der Waals surface area (Å²) in [5.74, 6) is 0. The van der Waals surface area contributed by atoms with Crippen LogP contribution in [0.25, 0.3) is 0 Å². The van der Waals surface area contributed by atoms with Crippen LogP contribution in [0.1, 0.15) is 53.4 Å². The summed E-state index contributed by atoms with van der Waals surface area (Å²) < 4.78 is 14.8. The second-order valence-electron chi connectivity index (χ2n) is 5.66. The first-order valence-corrected chi connectivity index (χ1v) is 6.88. The lowest BCUT2D eigenvalue weighted by Gasteiger charge is -2.34. The minimum absolute atomic E-state index is 0.125. The third-order valence-electron chi connectivity index (χ3n) is 3.24. The third-order valence-corrected chi connectivity index (χ3v) is 4.92. The van der Waals surface area contributed by atoms with Gasteiger partial charge in [0, 0.05) is 16.9 Å². The molecule has 0 aromatic rings. The summed E-state index contributed by atoms with van der Waals surface area (Å²) in [5.41, 5.74) is 6.15. The van der Waals surface area contributed by atoms with Crippen LogP contribution in [0.5, 0.6) is 0 Å². The minimum atomic E-state index is -1.02. The molecule has 0 amide bonds. The van der Waals surface area contributed by atoms with Crippen LogP contribution in [0.2, 0.25) is 0 Å². The number of hydrogen-bond acceptors (Lipinski definition) is 3. The molecule has 1 unspecified atom stereocenters. The average molecular weight is 232 g/mol. The van der Waals surface area contributed by atoms with Gasteiger partial charge in [-0.2, -0.15) is 0 Å². The molecule has 1 fully saturated rings. The van der Waals surface area contributed by atoms with E-state index in [-0.39, 0.29) is 16.3 Å². The molecule has 1 aliphatic carbocycles. The molecule has 1 aliphatic rings. The van der Waals surface area contributed by atoms with Crippen molar-refractivity contribution in [1.82, 2.24) is 4.72 Å². The fourth-order valence-electron chi connectivity index (χ4n) is 1.92. The van der Waals surface area contributed by atoms with Crippen molar-refractivity contribution in [3.63, 3.8) is 0 Å². The van der Waals surface area contributed by atoms with Crippen LogP contribution < -0.4 is 10.5 Å². The van der Waals surface area contributed by atoms with E-state index in [1.807, 2.05) is 20.8 Å². The molecular weight excluding hydrogens is 208 g/mol. The smallest absolute Gasteiger partial charge is 0.136 e. The Balaban J connectivity index is 2.51. The van der Waals surface area contributed by atoms with E-state index in [0.29, 0.717) is 0 Å². The van der Waals surface area contributed by atoms with Crippen molar-refractivity contribution in [2.75, 3.05) is 0 Å². The summed E-state index contributed by atoms with van der Waals surface area (Å²) in [6.45, 7) is 7.97. The first-order valence-electron chi connectivity index (χ1n) is 5.73. The molecule has 0 heterocycles. The monoisotopic (exact) mass is 232 g/mol. The van der Waals surface area contributed by atoms with Gasteiger partial charge in [-0.1, -0.05) is 12.8 Å². The van der Waals surface area contributed by atoms with Crippen LogP contribution in [0.4, 0.5) is 0 Å². The molecule has 2 atom stereocenters. The highest BCUT2D eigenvalue weighted by molar-refractivity contribution is 7.90. The lowest BCUT2D eigenvalue weighted by Crippen LogP contribution is -2.57. The summed E-state index contributed by atoms with van der Waals surface area (Å²) >= 11 is -1.02. The number of nitrogens with one attached hydrogen (secondary N) is 1. The van der Waals surface area contributed by atoms with Crippen LogP contribution >= 0.6 is 0 Å². The molecule has 4 heteroatoms. The Morgan fingerprint density at radius 2 is 1.80 bits per heavy atom. The van der Waals surface area contributed by atoms with Gasteiger partial charge < -0.3 is 10.3 Å². The highest BCUT2D eigenvalue weighted by Gasteiger charge is 2.39.